The molecular formula is C18H37N. The summed E-state index contributed by atoms with van der Waals surface area (Å²) in [5, 5.41) is 0. The van der Waals surface area contributed by atoms with Crippen LogP contribution >= 0.6 is 0 Å². The average molecular weight is 268 g/mol. The third kappa shape index (κ3) is 3.01. The van der Waals surface area contributed by atoms with E-state index in [0.29, 0.717) is 22.3 Å². The molecule has 1 fully saturated rings. The third-order valence-corrected chi connectivity index (χ3v) is 5.47. The Morgan fingerprint density at radius 3 is 1.47 bits per heavy atom. The highest BCUT2D eigenvalue weighted by Gasteiger charge is 2.63. The zero-order valence-corrected chi connectivity index (χ0v) is 15.3. The molecule has 0 radical (unpaired) electrons. The van der Waals surface area contributed by atoms with E-state index in [2.05, 4.69) is 81.2 Å². The summed E-state index contributed by atoms with van der Waals surface area (Å²) >= 11 is 0. The quantitative estimate of drug-likeness (QED) is 0.664. The normalized spacial score (nSPS) is 30.3. The first kappa shape index (κ1) is 17.0. The fourth-order valence-electron chi connectivity index (χ4n) is 4.73. The molecule has 0 atom stereocenters. The van der Waals surface area contributed by atoms with E-state index in [4.69, 9.17) is 0 Å². The lowest BCUT2D eigenvalue weighted by atomic mass is 9.41. The lowest BCUT2D eigenvalue weighted by molar-refractivity contribution is -0.202. The Labute approximate surface area is 122 Å². The molecule has 0 aliphatic heterocycles. The van der Waals surface area contributed by atoms with E-state index in [1.807, 2.05) is 0 Å². The molecule has 1 aliphatic carbocycles. The van der Waals surface area contributed by atoms with Crippen LogP contribution in [0.1, 0.15) is 75.7 Å². The van der Waals surface area contributed by atoms with Crippen LogP contribution in [0, 0.1) is 22.2 Å². The standard InChI is InChI=1S/C18H37N/c1-15(2,3)12-13-17(7,8)14(18(13,9)10)19(11)16(4,5)6/h13-14H,12H2,1-11H3. The van der Waals surface area contributed by atoms with Gasteiger partial charge in [0.05, 0.1) is 0 Å². The monoisotopic (exact) mass is 267 g/mol. The molecule has 0 saturated heterocycles. The van der Waals surface area contributed by atoms with Crippen molar-refractivity contribution in [3.8, 4) is 0 Å². The fraction of sp³-hybridized carbons (Fsp3) is 1.00. The molecule has 114 valence electrons. The van der Waals surface area contributed by atoms with Gasteiger partial charge in [-0.2, -0.15) is 0 Å². The predicted molar refractivity (Wildman–Crippen MR) is 86.4 cm³/mol. The van der Waals surface area contributed by atoms with Crippen LogP contribution in [-0.4, -0.2) is 23.5 Å². The molecule has 1 saturated carbocycles. The summed E-state index contributed by atoms with van der Waals surface area (Å²) < 4.78 is 0. The lowest BCUT2D eigenvalue weighted by Gasteiger charge is -2.70. The fourth-order valence-corrected chi connectivity index (χ4v) is 4.73. The van der Waals surface area contributed by atoms with Gasteiger partial charge >= 0.3 is 0 Å². The second-order valence-electron chi connectivity index (χ2n) is 10.1. The maximum atomic E-state index is 2.60. The van der Waals surface area contributed by atoms with E-state index < -0.39 is 0 Å². The third-order valence-electron chi connectivity index (χ3n) is 5.47. The van der Waals surface area contributed by atoms with Gasteiger partial charge in [0.2, 0.25) is 0 Å². The molecule has 0 N–H and O–H groups in total. The van der Waals surface area contributed by atoms with Crippen LogP contribution in [-0.2, 0) is 0 Å². The minimum atomic E-state index is 0.242. The number of rotatable bonds is 2. The molecule has 19 heavy (non-hydrogen) atoms. The Morgan fingerprint density at radius 2 is 1.21 bits per heavy atom. The van der Waals surface area contributed by atoms with E-state index in [-0.39, 0.29) is 5.54 Å². The van der Waals surface area contributed by atoms with Crippen LogP contribution in [0.25, 0.3) is 0 Å². The van der Waals surface area contributed by atoms with Gasteiger partial charge in [-0.1, -0.05) is 48.5 Å². The van der Waals surface area contributed by atoms with Crippen LogP contribution in [0.2, 0.25) is 0 Å². The highest BCUT2D eigenvalue weighted by molar-refractivity contribution is 5.15. The molecule has 0 heterocycles. The summed E-state index contributed by atoms with van der Waals surface area (Å²) in [5.74, 6) is 0.801. The van der Waals surface area contributed by atoms with E-state index in [1.54, 1.807) is 0 Å². The van der Waals surface area contributed by atoms with Crippen LogP contribution in [0.3, 0.4) is 0 Å². The van der Waals surface area contributed by atoms with Gasteiger partial charge in [-0.3, -0.25) is 4.90 Å². The highest BCUT2D eigenvalue weighted by atomic mass is 15.2. The SMILES string of the molecule is CN(C1C(C)(C)C(CC(C)(C)C)C1(C)C)C(C)(C)C. The molecule has 1 rings (SSSR count). The smallest absolute Gasteiger partial charge is 0.0205 e. The van der Waals surface area contributed by atoms with E-state index >= 15 is 0 Å². The van der Waals surface area contributed by atoms with Gasteiger partial charge in [-0.15, -0.1) is 0 Å². The first-order valence-electron chi connectivity index (χ1n) is 7.85. The van der Waals surface area contributed by atoms with Crippen molar-refractivity contribution in [2.24, 2.45) is 22.2 Å². The van der Waals surface area contributed by atoms with Crippen molar-refractivity contribution in [3.63, 3.8) is 0 Å². The highest BCUT2D eigenvalue weighted by Crippen LogP contribution is 2.64. The molecule has 1 nitrogen and oxygen atoms in total. The Hall–Kier alpha value is -0.0400. The second-order valence-corrected chi connectivity index (χ2v) is 10.1. The maximum Gasteiger partial charge on any atom is 0.0205 e. The summed E-state index contributed by atoms with van der Waals surface area (Å²) in [5.41, 5.74) is 1.47. The largest absolute Gasteiger partial charge is 0.297 e. The Kier molecular flexibility index (Phi) is 4.01. The van der Waals surface area contributed by atoms with Crippen LogP contribution < -0.4 is 0 Å². The number of hydrogen-bond acceptors (Lipinski definition) is 1. The van der Waals surface area contributed by atoms with Crippen molar-refractivity contribution < 1.29 is 0 Å². The molecule has 1 heteroatoms. The summed E-state index contributed by atoms with van der Waals surface area (Å²) in [6, 6.07) is 0.660. The van der Waals surface area contributed by atoms with Gasteiger partial charge in [0.1, 0.15) is 0 Å². The molecule has 0 unspecified atom stereocenters. The van der Waals surface area contributed by atoms with E-state index in [9.17, 15) is 0 Å². The molecule has 1 aliphatic rings. The molecular weight excluding hydrogens is 230 g/mol. The summed E-state index contributed by atoms with van der Waals surface area (Å²) in [6.45, 7) is 24.0. The van der Waals surface area contributed by atoms with Gasteiger partial charge in [-0.05, 0) is 56.4 Å². The lowest BCUT2D eigenvalue weighted by Crippen LogP contribution is -2.72. The van der Waals surface area contributed by atoms with Crippen molar-refractivity contribution in [1.82, 2.24) is 4.90 Å². The molecule has 0 amide bonds. The zero-order valence-electron chi connectivity index (χ0n) is 15.3. The van der Waals surface area contributed by atoms with Crippen molar-refractivity contribution in [1.29, 1.82) is 0 Å². The van der Waals surface area contributed by atoms with Crippen molar-refractivity contribution in [3.05, 3.63) is 0 Å². The molecule has 0 spiro atoms. The number of nitrogens with zero attached hydrogens (tertiary/aromatic N) is 1. The maximum absolute atomic E-state index is 2.60. The van der Waals surface area contributed by atoms with Gasteiger partial charge in [0, 0.05) is 11.6 Å². The van der Waals surface area contributed by atoms with E-state index in [0.717, 1.165) is 5.92 Å². The van der Waals surface area contributed by atoms with E-state index in [1.165, 1.54) is 6.42 Å². The average Bonchev–Trinajstić information content (AvgIpc) is 2.10. The summed E-state index contributed by atoms with van der Waals surface area (Å²) in [7, 11) is 2.31. The number of hydrogen-bond donors (Lipinski definition) is 0. The van der Waals surface area contributed by atoms with Gasteiger partial charge in [-0.25, -0.2) is 0 Å². The van der Waals surface area contributed by atoms with Crippen LogP contribution in [0.15, 0.2) is 0 Å². The molecule has 0 aromatic heterocycles. The van der Waals surface area contributed by atoms with Crippen LogP contribution in [0.5, 0.6) is 0 Å². The van der Waals surface area contributed by atoms with Gasteiger partial charge in [0.15, 0.2) is 0 Å². The van der Waals surface area contributed by atoms with Crippen molar-refractivity contribution in [2.75, 3.05) is 7.05 Å². The van der Waals surface area contributed by atoms with Crippen LogP contribution in [0.4, 0.5) is 0 Å². The summed E-state index contributed by atoms with van der Waals surface area (Å²) in [4.78, 5) is 2.60. The first-order chi connectivity index (χ1) is 8.12. The molecule has 0 aromatic rings. The van der Waals surface area contributed by atoms with Crippen molar-refractivity contribution in [2.45, 2.75) is 87.2 Å². The zero-order chi connectivity index (χ0) is 15.4. The first-order valence-corrected chi connectivity index (χ1v) is 7.85. The van der Waals surface area contributed by atoms with Crippen molar-refractivity contribution >= 4 is 0 Å². The Bertz CT molecular complexity index is 309. The minimum absolute atomic E-state index is 0.242. The summed E-state index contributed by atoms with van der Waals surface area (Å²) in [6.07, 6.45) is 1.32. The topological polar surface area (TPSA) is 3.24 Å². The molecule has 0 bridgehead atoms. The molecule has 0 aromatic carbocycles. The predicted octanol–water partition coefficient (Wildman–Crippen LogP) is 5.20. The Morgan fingerprint density at radius 1 is 0.842 bits per heavy atom. The van der Waals surface area contributed by atoms with Gasteiger partial charge in [0.25, 0.3) is 0 Å². The van der Waals surface area contributed by atoms with Gasteiger partial charge < -0.3 is 0 Å². The Balaban J connectivity index is 3.01. The minimum Gasteiger partial charge on any atom is -0.297 e. The second kappa shape index (κ2) is 4.48.